The molecule has 0 N–H and O–H groups in total. The zero-order valence-electron chi connectivity index (χ0n) is 11.6. The molecule has 2 saturated heterocycles. The molecule has 3 rings (SSSR count). The second kappa shape index (κ2) is 5.32. The molecule has 2 fully saturated rings. The van der Waals surface area contributed by atoms with Gasteiger partial charge in [0, 0.05) is 0 Å². The van der Waals surface area contributed by atoms with Crippen LogP contribution in [-0.2, 0) is 16.1 Å². The van der Waals surface area contributed by atoms with E-state index in [1.165, 1.54) is 16.7 Å². The van der Waals surface area contributed by atoms with Gasteiger partial charge in [-0.2, -0.15) is 0 Å². The molecule has 7 nitrogen and oxygen atoms in total. The maximum absolute atomic E-state index is 11.6. The van der Waals surface area contributed by atoms with Gasteiger partial charge in [-0.1, -0.05) is 5.21 Å². The van der Waals surface area contributed by atoms with Crippen LogP contribution in [0.4, 0.5) is 0 Å². The van der Waals surface area contributed by atoms with Gasteiger partial charge in [0.05, 0.1) is 47.0 Å². The van der Waals surface area contributed by atoms with Gasteiger partial charge in [-0.25, -0.2) is 4.68 Å². The number of hydrogen-bond donors (Lipinski definition) is 0. The Bertz CT molecular complexity index is 566. The van der Waals surface area contributed by atoms with E-state index in [-0.39, 0.29) is 40.8 Å². The Balaban J connectivity index is 0.00000147. The minimum Gasteiger partial charge on any atom is -0.548 e. The quantitative estimate of drug-likeness (QED) is 0.415. The summed E-state index contributed by atoms with van der Waals surface area (Å²) in [5, 5.41) is 19.1. The van der Waals surface area contributed by atoms with E-state index in [0.717, 1.165) is 5.69 Å². The standard InChI is InChI=1S/C11H14N4O3S.Na/c1-6-4-12-13-14(6)5-11(2)9(10(17)18)15-7(16)3-8(15)19-11;/h4,8-9H,3,5H2,1-2H3,(H,17,18);/q;+1/p-1/t8-,9+,11+;/m1./s1. The van der Waals surface area contributed by atoms with E-state index in [0.29, 0.717) is 13.0 Å². The van der Waals surface area contributed by atoms with Crippen LogP contribution < -0.4 is 34.7 Å². The molecule has 102 valence electrons. The fourth-order valence-electron chi connectivity index (χ4n) is 2.73. The number of rotatable bonds is 3. The van der Waals surface area contributed by atoms with E-state index in [9.17, 15) is 14.7 Å². The van der Waals surface area contributed by atoms with Crippen LogP contribution in [0, 0.1) is 6.92 Å². The van der Waals surface area contributed by atoms with Crippen LogP contribution in [0.15, 0.2) is 6.20 Å². The number of aliphatic carboxylic acids is 1. The molecule has 2 aliphatic heterocycles. The summed E-state index contributed by atoms with van der Waals surface area (Å²) in [6, 6.07) is -0.910. The number of hydrogen-bond acceptors (Lipinski definition) is 6. The van der Waals surface area contributed by atoms with E-state index in [2.05, 4.69) is 10.3 Å². The molecule has 1 amide bonds. The molecular formula is C11H13N4NaO3S. The third-order valence-corrected chi connectivity index (χ3v) is 5.26. The molecule has 0 aliphatic carbocycles. The van der Waals surface area contributed by atoms with Crippen LogP contribution in [0.3, 0.4) is 0 Å². The molecular weight excluding hydrogens is 291 g/mol. The summed E-state index contributed by atoms with van der Waals surface area (Å²) in [5.74, 6) is -1.32. The maximum atomic E-state index is 11.6. The first-order valence-electron chi connectivity index (χ1n) is 5.97. The van der Waals surface area contributed by atoms with E-state index in [1.807, 2.05) is 13.8 Å². The van der Waals surface area contributed by atoms with Crippen LogP contribution in [0.5, 0.6) is 0 Å². The first kappa shape index (κ1) is 15.8. The average molecular weight is 304 g/mol. The molecule has 0 radical (unpaired) electrons. The number of carbonyl (C=O) groups excluding carboxylic acids is 2. The predicted octanol–water partition coefficient (Wildman–Crippen LogP) is -4.23. The third-order valence-electron chi connectivity index (χ3n) is 3.71. The SMILES string of the molecule is Cc1cnnn1C[C@]1(C)S[C@@H]2CC(=O)N2[C@H]1C(=O)[O-].[Na+]. The molecule has 1 aromatic rings. The summed E-state index contributed by atoms with van der Waals surface area (Å²) in [6.45, 7) is 4.09. The first-order chi connectivity index (χ1) is 8.92. The molecule has 0 unspecified atom stereocenters. The maximum Gasteiger partial charge on any atom is 1.00 e. The number of aryl methyl sites for hydroxylation is 1. The van der Waals surface area contributed by atoms with Gasteiger partial charge in [-0.15, -0.1) is 16.9 Å². The smallest absolute Gasteiger partial charge is 0.548 e. The predicted molar refractivity (Wildman–Crippen MR) is 64.8 cm³/mol. The zero-order chi connectivity index (χ0) is 13.8. The number of fused-ring (bicyclic) bond motifs is 1. The van der Waals surface area contributed by atoms with Gasteiger partial charge in [0.15, 0.2) is 0 Å². The number of nitrogens with zero attached hydrogens (tertiary/aromatic N) is 4. The molecule has 0 saturated carbocycles. The van der Waals surface area contributed by atoms with Crippen LogP contribution in [0.25, 0.3) is 0 Å². The normalized spacial score (nSPS) is 31.5. The van der Waals surface area contributed by atoms with Crippen molar-refractivity contribution >= 4 is 23.6 Å². The average Bonchev–Trinajstić information content (AvgIpc) is 2.80. The Morgan fingerprint density at radius 2 is 2.35 bits per heavy atom. The number of carbonyl (C=O) groups is 2. The van der Waals surface area contributed by atoms with Crippen molar-refractivity contribution in [1.82, 2.24) is 19.9 Å². The monoisotopic (exact) mass is 304 g/mol. The largest absolute Gasteiger partial charge is 1.00 e. The molecule has 2 aliphatic rings. The van der Waals surface area contributed by atoms with Crippen LogP contribution in [-0.4, -0.2) is 47.9 Å². The fraction of sp³-hybridized carbons (Fsp3) is 0.636. The van der Waals surface area contributed by atoms with Gasteiger partial charge in [0.1, 0.15) is 0 Å². The summed E-state index contributed by atoms with van der Waals surface area (Å²) in [6.07, 6.45) is 2.03. The number of carboxylic acids is 1. The topological polar surface area (TPSA) is 91.2 Å². The Kier molecular flexibility index (Phi) is 4.21. The minimum absolute atomic E-state index is 0. The Morgan fingerprint density at radius 1 is 1.65 bits per heavy atom. The summed E-state index contributed by atoms with van der Waals surface area (Å²) in [4.78, 5) is 24.4. The van der Waals surface area contributed by atoms with E-state index in [4.69, 9.17) is 0 Å². The van der Waals surface area contributed by atoms with Crippen LogP contribution in [0.2, 0.25) is 0 Å². The summed E-state index contributed by atoms with van der Waals surface area (Å²) < 4.78 is 1.02. The molecule has 20 heavy (non-hydrogen) atoms. The molecule has 3 atom stereocenters. The van der Waals surface area contributed by atoms with Gasteiger partial charge in [-0.05, 0) is 13.8 Å². The van der Waals surface area contributed by atoms with Crippen LogP contribution >= 0.6 is 11.8 Å². The Morgan fingerprint density at radius 3 is 2.85 bits per heavy atom. The number of β-lactam (4-membered cyclic amide) rings is 1. The summed E-state index contributed by atoms with van der Waals surface area (Å²) >= 11 is 1.51. The molecule has 3 heterocycles. The summed E-state index contributed by atoms with van der Waals surface area (Å²) in [5.41, 5.74) is 0.861. The Hall–Kier alpha value is -0.570. The van der Waals surface area contributed by atoms with Crippen LogP contribution in [0.1, 0.15) is 19.0 Å². The molecule has 1 aromatic heterocycles. The van der Waals surface area contributed by atoms with Gasteiger partial charge < -0.3 is 14.8 Å². The van der Waals surface area contributed by atoms with Crippen molar-refractivity contribution in [2.45, 2.75) is 43.0 Å². The van der Waals surface area contributed by atoms with Crippen molar-refractivity contribution < 1.29 is 44.3 Å². The minimum atomic E-state index is -1.21. The molecule has 0 spiro atoms. The fourth-order valence-corrected chi connectivity index (χ4v) is 4.46. The van der Waals surface area contributed by atoms with E-state index in [1.54, 1.807) is 10.9 Å². The zero-order valence-corrected chi connectivity index (χ0v) is 14.4. The molecule has 9 heteroatoms. The number of carboxylic acid groups (broad SMARTS) is 1. The van der Waals surface area contributed by atoms with Gasteiger partial charge in [0.2, 0.25) is 5.91 Å². The van der Waals surface area contributed by atoms with Gasteiger partial charge >= 0.3 is 29.6 Å². The number of thioether (sulfide) groups is 1. The second-order valence-electron chi connectivity index (χ2n) is 5.14. The first-order valence-corrected chi connectivity index (χ1v) is 6.85. The molecule has 0 aromatic carbocycles. The van der Waals surface area contributed by atoms with Crippen molar-refractivity contribution in [3.8, 4) is 0 Å². The van der Waals surface area contributed by atoms with E-state index >= 15 is 0 Å². The number of amides is 1. The van der Waals surface area contributed by atoms with Crippen molar-refractivity contribution in [3.63, 3.8) is 0 Å². The number of aromatic nitrogens is 3. The van der Waals surface area contributed by atoms with Gasteiger partial charge in [-0.3, -0.25) is 4.79 Å². The molecule has 0 bridgehead atoms. The van der Waals surface area contributed by atoms with Gasteiger partial charge in [0.25, 0.3) is 0 Å². The van der Waals surface area contributed by atoms with Crippen molar-refractivity contribution in [3.05, 3.63) is 11.9 Å². The third kappa shape index (κ3) is 2.28. The second-order valence-corrected chi connectivity index (χ2v) is 6.86. The van der Waals surface area contributed by atoms with E-state index < -0.39 is 16.8 Å². The van der Waals surface area contributed by atoms with Crippen molar-refractivity contribution in [1.29, 1.82) is 0 Å². The van der Waals surface area contributed by atoms with Crippen molar-refractivity contribution in [2.75, 3.05) is 0 Å². The van der Waals surface area contributed by atoms with Crippen molar-refractivity contribution in [2.24, 2.45) is 0 Å². The Labute approximate surface area is 142 Å². The summed E-state index contributed by atoms with van der Waals surface area (Å²) in [7, 11) is 0.